The second-order valence-electron chi connectivity index (χ2n) is 6.98. The molecule has 1 aromatic rings. The summed E-state index contributed by atoms with van der Waals surface area (Å²) in [4.78, 5) is 4.04. The Morgan fingerprint density at radius 3 is 2.58 bits per heavy atom. The van der Waals surface area contributed by atoms with Gasteiger partial charge in [0.15, 0.2) is 5.11 Å². The number of thiocarbonyl (C=S) groups is 1. The molecule has 0 radical (unpaired) electrons. The van der Waals surface area contributed by atoms with Gasteiger partial charge in [0.05, 0.1) is 25.7 Å². The van der Waals surface area contributed by atoms with E-state index in [-0.39, 0.29) is 0 Å². The maximum absolute atomic E-state index is 5.74. The third kappa shape index (κ3) is 5.16. The number of nitrogens with zero attached hydrogens (tertiary/aromatic N) is 1. The highest BCUT2D eigenvalue weighted by molar-refractivity contribution is 7.80. The molecule has 0 atom stereocenters. The highest BCUT2D eigenvalue weighted by atomic mass is 32.1. The lowest BCUT2D eigenvalue weighted by Crippen LogP contribution is -3.16. The maximum Gasteiger partial charge on any atom is 0.173 e. The molecule has 2 rings (SSSR count). The van der Waals surface area contributed by atoms with Crippen LogP contribution < -0.4 is 10.2 Å². The van der Waals surface area contributed by atoms with Crippen molar-refractivity contribution in [1.29, 1.82) is 0 Å². The molecule has 134 valence electrons. The van der Waals surface area contributed by atoms with Crippen molar-refractivity contribution in [1.82, 2.24) is 4.90 Å². The fraction of sp³-hybridized carbons (Fsp3) is 0.632. The number of quaternary nitrogens is 1. The van der Waals surface area contributed by atoms with Crippen LogP contribution in [0.5, 0.6) is 0 Å². The summed E-state index contributed by atoms with van der Waals surface area (Å²) in [5.74, 6) is 0. The van der Waals surface area contributed by atoms with Crippen LogP contribution in [-0.4, -0.2) is 55.4 Å². The van der Waals surface area contributed by atoms with Crippen molar-refractivity contribution in [3.63, 3.8) is 0 Å². The molecular weight excluding hydrogens is 318 g/mol. The topological polar surface area (TPSA) is 28.9 Å². The lowest BCUT2D eigenvalue weighted by Gasteiger charge is -2.39. The minimum absolute atomic E-state index is 0.506. The first-order chi connectivity index (χ1) is 11.5. The van der Waals surface area contributed by atoms with E-state index in [1.54, 1.807) is 12.0 Å². The van der Waals surface area contributed by atoms with E-state index in [1.165, 1.54) is 31.5 Å². The smallest absolute Gasteiger partial charge is 0.173 e. The predicted octanol–water partition coefficient (Wildman–Crippen LogP) is 2.10. The van der Waals surface area contributed by atoms with Crippen LogP contribution in [0.1, 0.15) is 32.3 Å². The second kappa shape index (κ2) is 9.35. The summed E-state index contributed by atoms with van der Waals surface area (Å²) < 4.78 is 5.31. The number of nitrogens with one attached hydrogen (secondary N) is 2. The van der Waals surface area contributed by atoms with E-state index in [9.17, 15) is 0 Å². The molecule has 0 spiro atoms. The Morgan fingerprint density at radius 2 is 2.00 bits per heavy atom. The van der Waals surface area contributed by atoms with E-state index in [0.717, 1.165) is 17.3 Å². The van der Waals surface area contributed by atoms with Crippen LogP contribution in [-0.2, 0) is 4.74 Å². The molecule has 1 aromatic carbocycles. The fourth-order valence-electron chi connectivity index (χ4n) is 3.40. The largest absolute Gasteiger partial charge is 0.383 e. The first-order valence-corrected chi connectivity index (χ1v) is 9.40. The SMILES string of the molecule is COCCN(C(=S)Nc1ccccc1C)C1CC[NH+](C(C)C)CC1. The summed E-state index contributed by atoms with van der Waals surface area (Å²) in [6.07, 6.45) is 2.37. The summed E-state index contributed by atoms with van der Waals surface area (Å²) >= 11 is 5.74. The maximum atomic E-state index is 5.74. The molecule has 24 heavy (non-hydrogen) atoms. The summed E-state index contributed by atoms with van der Waals surface area (Å²) in [6.45, 7) is 10.7. The van der Waals surface area contributed by atoms with Gasteiger partial charge in [0.1, 0.15) is 0 Å². The highest BCUT2D eigenvalue weighted by Gasteiger charge is 2.29. The van der Waals surface area contributed by atoms with Crippen LogP contribution in [0, 0.1) is 6.92 Å². The first-order valence-electron chi connectivity index (χ1n) is 8.99. The van der Waals surface area contributed by atoms with Crippen molar-refractivity contribution in [2.45, 2.75) is 45.7 Å². The van der Waals surface area contributed by atoms with E-state index in [4.69, 9.17) is 17.0 Å². The van der Waals surface area contributed by atoms with E-state index >= 15 is 0 Å². The minimum atomic E-state index is 0.506. The number of hydrogen-bond donors (Lipinski definition) is 2. The standard InChI is InChI=1S/C19H31N3OS/c1-15(2)21-11-9-17(10-12-21)22(13-14-23-4)19(24)20-18-8-6-5-7-16(18)3/h5-8,15,17H,9-14H2,1-4H3,(H,20,24)/p+1. The highest BCUT2D eigenvalue weighted by Crippen LogP contribution is 2.17. The zero-order chi connectivity index (χ0) is 17.5. The predicted molar refractivity (Wildman–Crippen MR) is 105 cm³/mol. The molecule has 0 bridgehead atoms. The third-order valence-corrected chi connectivity index (χ3v) is 5.38. The van der Waals surface area contributed by atoms with Crippen molar-refractivity contribution in [3.05, 3.63) is 29.8 Å². The van der Waals surface area contributed by atoms with E-state index in [0.29, 0.717) is 18.7 Å². The number of methoxy groups -OCH3 is 1. The number of anilines is 1. The van der Waals surface area contributed by atoms with Gasteiger partial charge in [-0.25, -0.2) is 0 Å². The number of likely N-dealkylation sites (tertiary alicyclic amines) is 1. The Hall–Kier alpha value is -1.17. The molecule has 1 saturated heterocycles. The van der Waals surface area contributed by atoms with Gasteiger partial charge in [0.25, 0.3) is 0 Å². The molecule has 0 aliphatic carbocycles. The summed E-state index contributed by atoms with van der Waals surface area (Å²) in [5, 5.41) is 4.26. The lowest BCUT2D eigenvalue weighted by atomic mass is 10.0. The Bertz CT molecular complexity index is 527. The fourth-order valence-corrected chi connectivity index (χ4v) is 3.75. The molecule has 0 unspecified atom stereocenters. The molecule has 1 fully saturated rings. The van der Waals surface area contributed by atoms with Crippen molar-refractivity contribution in [2.75, 3.05) is 38.7 Å². The van der Waals surface area contributed by atoms with Crippen LogP contribution in [0.2, 0.25) is 0 Å². The first kappa shape index (κ1) is 19.2. The zero-order valence-electron chi connectivity index (χ0n) is 15.5. The van der Waals surface area contributed by atoms with Gasteiger partial charge in [-0.05, 0) is 44.6 Å². The average Bonchev–Trinajstić information content (AvgIpc) is 2.58. The number of benzene rings is 1. The number of ether oxygens (including phenoxy) is 1. The van der Waals surface area contributed by atoms with Gasteiger partial charge in [-0.15, -0.1) is 0 Å². The van der Waals surface area contributed by atoms with Gasteiger partial charge in [-0.2, -0.15) is 0 Å². The number of piperidine rings is 1. The van der Waals surface area contributed by atoms with Gasteiger partial charge in [-0.1, -0.05) is 18.2 Å². The molecular formula is C19H32N3OS+. The number of para-hydroxylation sites is 1. The summed E-state index contributed by atoms with van der Waals surface area (Å²) in [7, 11) is 1.75. The zero-order valence-corrected chi connectivity index (χ0v) is 16.3. The van der Waals surface area contributed by atoms with Crippen molar-refractivity contribution in [2.24, 2.45) is 0 Å². The minimum Gasteiger partial charge on any atom is -0.383 e. The van der Waals surface area contributed by atoms with E-state index < -0.39 is 0 Å². The molecule has 0 saturated carbocycles. The molecule has 5 heteroatoms. The second-order valence-corrected chi connectivity index (χ2v) is 7.36. The summed E-state index contributed by atoms with van der Waals surface area (Å²) in [6, 6.07) is 9.50. The van der Waals surface area contributed by atoms with Crippen molar-refractivity contribution in [3.8, 4) is 0 Å². The molecule has 4 nitrogen and oxygen atoms in total. The normalized spacial score (nSPS) is 20.9. The number of aryl methyl sites for hydroxylation is 1. The van der Waals surface area contributed by atoms with Gasteiger partial charge < -0.3 is 19.9 Å². The van der Waals surface area contributed by atoms with Crippen LogP contribution in [0.15, 0.2) is 24.3 Å². The van der Waals surface area contributed by atoms with Gasteiger partial charge in [-0.3, -0.25) is 0 Å². The molecule has 1 aliphatic heterocycles. The number of rotatable bonds is 6. The number of hydrogen-bond acceptors (Lipinski definition) is 2. The third-order valence-electron chi connectivity index (χ3n) is 5.04. The monoisotopic (exact) mass is 350 g/mol. The lowest BCUT2D eigenvalue weighted by molar-refractivity contribution is -0.926. The van der Waals surface area contributed by atoms with Crippen LogP contribution >= 0.6 is 12.2 Å². The Morgan fingerprint density at radius 1 is 1.33 bits per heavy atom. The Labute approximate surface area is 152 Å². The average molecular weight is 351 g/mol. The van der Waals surface area contributed by atoms with Crippen LogP contribution in [0.25, 0.3) is 0 Å². The molecule has 2 N–H and O–H groups in total. The van der Waals surface area contributed by atoms with E-state index in [1.807, 2.05) is 6.07 Å². The molecule has 0 aromatic heterocycles. The Balaban J connectivity index is 2.02. The summed E-state index contributed by atoms with van der Waals surface area (Å²) in [5.41, 5.74) is 2.31. The Kier molecular flexibility index (Phi) is 7.46. The molecule has 0 amide bonds. The molecule has 1 heterocycles. The quantitative estimate of drug-likeness (QED) is 0.769. The van der Waals surface area contributed by atoms with E-state index in [2.05, 4.69) is 49.2 Å². The van der Waals surface area contributed by atoms with Gasteiger partial charge in [0.2, 0.25) is 0 Å². The van der Waals surface area contributed by atoms with Gasteiger partial charge in [0, 0.05) is 38.2 Å². The van der Waals surface area contributed by atoms with Crippen molar-refractivity contribution >= 4 is 23.0 Å². The van der Waals surface area contributed by atoms with Crippen LogP contribution in [0.4, 0.5) is 5.69 Å². The van der Waals surface area contributed by atoms with Crippen molar-refractivity contribution < 1.29 is 9.64 Å². The van der Waals surface area contributed by atoms with Gasteiger partial charge >= 0.3 is 0 Å². The van der Waals surface area contributed by atoms with Crippen LogP contribution in [0.3, 0.4) is 0 Å². The molecule has 1 aliphatic rings.